The molecule has 1 amide bonds. The number of benzene rings is 2. The van der Waals surface area contributed by atoms with E-state index in [1.807, 2.05) is 30.3 Å². The highest BCUT2D eigenvalue weighted by Crippen LogP contribution is 2.35. The first-order valence-electron chi connectivity index (χ1n) is 7.91. The fourth-order valence-corrected chi connectivity index (χ4v) is 3.57. The van der Waals surface area contributed by atoms with Crippen LogP contribution in [0.25, 0.3) is 11.1 Å². The highest BCUT2D eigenvalue weighted by molar-refractivity contribution is 7.15. The number of carbonyl (C=O) groups excluding carboxylic acids is 1. The minimum atomic E-state index is -1.06. The Morgan fingerprint density at radius 3 is 2.38 bits per heavy atom. The topological polar surface area (TPSA) is 75.6 Å². The molecule has 3 rings (SSSR count). The first-order valence-corrected chi connectivity index (χ1v) is 8.79. The van der Waals surface area contributed by atoms with Crippen molar-refractivity contribution in [2.24, 2.45) is 0 Å². The van der Waals surface area contributed by atoms with Crippen LogP contribution in [0.3, 0.4) is 0 Å². The zero-order valence-electron chi connectivity index (χ0n) is 14.1. The fourth-order valence-electron chi connectivity index (χ4n) is 2.59. The van der Waals surface area contributed by atoms with Gasteiger partial charge in [-0.25, -0.2) is 4.79 Å². The van der Waals surface area contributed by atoms with Gasteiger partial charge < -0.3 is 15.2 Å². The molecule has 1 heterocycles. The number of carboxylic acid groups (broad SMARTS) is 1. The van der Waals surface area contributed by atoms with Crippen molar-refractivity contribution in [3.8, 4) is 16.9 Å². The Labute approximate surface area is 154 Å². The molecule has 5 nitrogen and oxygen atoms in total. The van der Waals surface area contributed by atoms with E-state index in [0.29, 0.717) is 16.3 Å². The lowest BCUT2D eigenvalue weighted by Gasteiger charge is -2.07. The quantitative estimate of drug-likeness (QED) is 0.681. The van der Waals surface area contributed by atoms with Crippen LogP contribution in [0.2, 0.25) is 0 Å². The number of thiophene rings is 1. The highest BCUT2D eigenvalue weighted by atomic mass is 32.1. The molecule has 0 aliphatic heterocycles. The van der Waals surface area contributed by atoms with Gasteiger partial charge >= 0.3 is 5.97 Å². The molecule has 0 saturated carbocycles. The van der Waals surface area contributed by atoms with Gasteiger partial charge in [-0.05, 0) is 23.3 Å². The lowest BCUT2D eigenvalue weighted by molar-refractivity contribution is -0.115. The van der Waals surface area contributed by atoms with Crippen LogP contribution >= 0.6 is 11.3 Å². The van der Waals surface area contributed by atoms with Gasteiger partial charge in [-0.1, -0.05) is 42.5 Å². The van der Waals surface area contributed by atoms with E-state index in [2.05, 4.69) is 5.32 Å². The molecule has 0 unspecified atom stereocenters. The highest BCUT2D eigenvalue weighted by Gasteiger charge is 2.21. The van der Waals surface area contributed by atoms with Gasteiger partial charge in [0.15, 0.2) is 0 Å². The van der Waals surface area contributed by atoms with Crippen LogP contribution in [-0.2, 0) is 11.2 Å². The molecule has 1 aromatic heterocycles. The summed E-state index contributed by atoms with van der Waals surface area (Å²) in [7, 11) is 1.58. The predicted octanol–water partition coefficient (Wildman–Crippen LogP) is 4.30. The van der Waals surface area contributed by atoms with E-state index in [-0.39, 0.29) is 17.9 Å². The number of aromatic carboxylic acids is 1. The van der Waals surface area contributed by atoms with Crippen molar-refractivity contribution in [2.75, 3.05) is 12.4 Å². The molecule has 0 saturated heterocycles. The Bertz CT molecular complexity index is 917. The van der Waals surface area contributed by atoms with Crippen LogP contribution in [-0.4, -0.2) is 24.1 Å². The smallest absolute Gasteiger partial charge is 0.339 e. The Balaban J connectivity index is 1.79. The van der Waals surface area contributed by atoms with Crippen molar-refractivity contribution in [1.82, 2.24) is 0 Å². The Kier molecular flexibility index (Phi) is 5.34. The van der Waals surface area contributed by atoms with E-state index in [1.54, 1.807) is 36.8 Å². The summed E-state index contributed by atoms with van der Waals surface area (Å²) < 4.78 is 5.09. The number of rotatable bonds is 6. The summed E-state index contributed by atoms with van der Waals surface area (Å²) in [6.07, 6.45) is 0.154. The molecule has 0 aliphatic carbocycles. The van der Waals surface area contributed by atoms with Gasteiger partial charge in [-0.15, -0.1) is 11.3 Å². The van der Waals surface area contributed by atoms with Crippen LogP contribution in [0.5, 0.6) is 5.75 Å². The van der Waals surface area contributed by atoms with Gasteiger partial charge in [0.1, 0.15) is 16.3 Å². The second kappa shape index (κ2) is 7.84. The Hall–Kier alpha value is -3.12. The number of ether oxygens (including phenoxy) is 1. The molecular weight excluding hydrogens is 350 g/mol. The molecule has 0 bridgehead atoms. The van der Waals surface area contributed by atoms with E-state index < -0.39 is 5.97 Å². The van der Waals surface area contributed by atoms with Gasteiger partial charge in [-0.2, -0.15) is 0 Å². The number of methoxy groups -OCH3 is 1. The summed E-state index contributed by atoms with van der Waals surface area (Å²) in [5, 5.41) is 14.4. The van der Waals surface area contributed by atoms with Crippen LogP contribution < -0.4 is 10.1 Å². The second-order valence-electron chi connectivity index (χ2n) is 5.60. The summed E-state index contributed by atoms with van der Waals surface area (Å²) in [4.78, 5) is 24.1. The average molecular weight is 367 g/mol. The molecule has 2 aromatic carbocycles. The molecule has 3 aromatic rings. The van der Waals surface area contributed by atoms with Gasteiger partial charge in [0.05, 0.1) is 13.5 Å². The maximum absolute atomic E-state index is 12.3. The normalized spacial score (nSPS) is 10.3. The number of hydrogen-bond acceptors (Lipinski definition) is 4. The lowest BCUT2D eigenvalue weighted by atomic mass is 10.0. The second-order valence-corrected chi connectivity index (χ2v) is 6.48. The SMILES string of the molecule is COc1ccc(CC(=O)Nc2scc(-c3ccccc3)c2C(=O)O)cc1. The van der Waals surface area contributed by atoms with Crippen molar-refractivity contribution in [3.63, 3.8) is 0 Å². The molecule has 0 aliphatic rings. The number of carbonyl (C=O) groups is 2. The van der Waals surface area contributed by atoms with Crippen LogP contribution in [0.15, 0.2) is 60.0 Å². The van der Waals surface area contributed by atoms with Crippen molar-refractivity contribution < 1.29 is 19.4 Å². The number of anilines is 1. The number of carboxylic acids is 1. The molecule has 0 radical (unpaired) electrons. The summed E-state index contributed by atoms with van der Waals surface area (Å²) in [6.45, 7) is 0. The summed E-state index contributed by atoms with van der Waals surface area (Å²) >= 11 is 1.21. The van der Waals surface area contributed by atoms with Crippen LogP contribution in [0.1, 0.15) is 15.9 Å². The third-order valence-electron chi connectivity index (χ3n) is 3.87. The van der Waals surface area contributed by atoms with E-state index in [4.69, 9.17) is 4.74 Å². The molecule has 0 atom stereocenters. The molecule has 132 valence electrons. The maximum Gasteiger partial charge on any atom is 0.339 e. The summed E-state index contributed by atoms with van der Waals surface area (Å²) in [5.41, 5.74) is 2.34. The number of amides is 1. The van der Waals surface area contributed by atoms with Crippen LogP contribution in [0, 0.1) is 0 Å². The fraction of sp³-hybridized carbons (Fsp3) is 0.100. The molecular formula is C20H17NO4S. The first-order chi connectivity index (χ1) is 12.6. The molecule has 0 fully saturated rings. The summed E-state index contributed by atoms with van der Waals surface area (Å²) in [6, 6.07) is 16.4. The Morgan fingerprint density at radius 2 is 1.77 bits per heavy atom. The van der Waals surface area contributed by atoms with E-state index >= 15 is 0 Å². The van der Waals surface area contributed by atoms with Crippen molar-refractivity contribution >= 4 is 28.2 Å². The number of hydrogen-bond donors (Lipinski definition) is 2. The lowest BCUT2D eigenvalue weighted by Crippen LogP contribution is -2.15. The van der Waals surface area contributed by atoms with Gasteiger partial charge in [0.25, 0.3) is 0 Å². The standard InChI is InChI=1S/C20H17NO4S/c1-25-15-9-7-13(8-10-15)11-17(22)21-19-18(20(23)24)16(12-26-19)14-5-3-2-4-6-14/h2-10,12H,11H2,1H3,(H,21,22)(H,23,24). The first kappa shape index (κ1) is 17.7. The zero-order chi connectivity index (χ0) is 18.5. The van der Waals surface area contributed by atoms with E-state index in [0.717, 1.165) is 11.1 Å². The van der Waals surface area contributed by atoms with E-state index in [9.17, 15) is 14.7 Å². The van der Waals surface area contributed by atoms with Gasteiger partial charge in [0.2, 0.25) is 5.91 Å². The molecule has 2 N–H and O–H groups in total. The predicted molar refractivity (Wildman–Crippen MR) is 102 cm³/mol. The number of nitrogens with one attached hydrogen (secondary N) is 1. The minimum Gasteiger partial charge on any atom is -0.497 e. The molecule has 0 spiro atoms. The zero-order valence-corrected chi connectivity index (χ0v) is 14.9. The van der Waals surface area contributed by atoms with Crippen molar-refractivity contribution in [1.29, 1.82) is 0 Å². The molecule has 26 heavy (non-hydrogen) atoms. The summed E-state index contributed by atoms with van der Waals surface area (Å²) in [5.74, 6) is -0.614. The third kappa shape index (κ3) is 3.92. The van der Waals surface area contributed by atoms with Gasteiger partial charge in [0, 0.05) is 10.9 Å². The third-order valence-corrected chi connectivity index (χ3v) is 4.76. The van der Waals surface area contributed by atoms with Crippen molar-refractivity contribution in [2.45, 2.75) is 6.42 Å². The average Bonchev–Trinajstić information content (AvgIpc) is 3.06. The largest absolute Gasteiger partial charge is 0.497 e. The Morgan fingerprint density at radius 1 is 1.08 bits per heavy atom. The van der Waals surface area contributed by atoms with Gasteiger partial charge in [-0.3, -0.25) is 4.79 Å². The maximum atomic E-state index is 12.3. The van der Waals surface area contributed by atoms with Crippen molar-refractivity contribution in [3.05, 3.63) is 71.1 Å². The minimum absolute atomic E-state index is 0.115. The monoisotopic (exact) mass is 367 g/mol. The van der Waals surface area contributed by atoms with Crippen LogP contribution in [0.4, 0.5) is 5.00 Å². The molecule has 6 heteroatoms. The van der Waals surface area contributed by atoms with E-state index in [1.165, 1.54) is 11.3 Å².